The quantitative estimate of drug-likeness (QED) is 0.0907. The summed E-state index contributed by atoms with van der Waals surface area (Å²) >= 11 is 2.31. The fourth-order valence-electron chi connectivity index (χ4n) is 4.16. The van der Waals surface area contributed by atoms with E-state index in [0.717, 1.165) is 29.5 Å². The number of nitrogens with two attached hydrogens (primary N) is 2. The first kappa shape index (κ1) is 39.3. The van der Waals surface area contributed by atoms with Crippen LogP contribution in [0.3, 0.4) is 0 Å². The van der Waals surface area contributed by atoms with Crippen LogP contribution in [0.15, 0.2) is 135 Å². The van der Waals surface area contributed by atoms with E-state index in [1.165, 1.54) is 27.2 Å². The van der Waals surface area contributed by atoms with Crippen molar-refractivity contribution < 1.29 is 14.4 Å². The molecule has 11 nitrogen and oxygen atoms in total. The minimum atomic E-state index is 0.450. The number of nitrogen functional groups attached to an aromatic ring is 2. The molecule has 0 saturated carbocycles. The zero-order chi connectivity index (χ0) is 37.0. The molecule has 0 saturated heterocycles. The highest BCUT2D eigenvalue weighted by Gasteiger charge is 2.02. The lowest BCUT2D eigenvalue weighted by molar-refractivity contribution is 0.111. The molecule has 0 atom stereocenters. The molecule has 0 aliphatic carbocycles. The smallest absolute Gasteiger partial charge is 0.170 e. The summed E-state index contributed by atoms with van der Waals surface area (Å²) in [5.41, 5.74) is 19.3. The van der Waals surface area contributed by atoms with E-state index in [1.807, 2.05) is 79.1 Å². The Hall–Kier alpha value is -6.15. The number of H-pyrrole nitrogens is 1. The lowest BCUT2D eigenvalue weighted by Gasteiger charge is -2.04. The number of rotatable bonds is 5. The van der Waals surface area contributed by atoms with Crippen LogP contribution in [-0.2, 0) is 0 Å². The number of aldehydes is 3. The summed E-state index contributed by atoms with van der Waals surface area (Å²) < 4.78 is 4.90. The Balaban J connectivity index is 0.000000178. The summed E-state index contributed by atoms with van der Waals surface area (Å²) in [6, 6.07) is 31.6. The number of aryl methyl sites for hydroxylation is 3. The van der Waals surface area contributed by atoms with E-state index in [2.05, 4.69) is 73.7 Å². The highest BCUT2D eigenvalue weighted by Crippen LogP contribution is 2.13. The largest absolute Gasteiger partial charge is 0.397 e. The molecule has 0 aliphatic heterocycles. The zero-order valence-electron chi connectivity index (χ0n) is 28.4. The Morgan fingerprint density at radius 3 is 1.73 bits per heavy atom. The third-order valence-corrected chi connectivity index (χ3v) is 7.38. The topological polar surface area (TPSA) is 168 Å². The number of carbonyl (C=O) groups is 3. The maximum absolute atomic E-state index is 10.7. The van der Waals surface area contributed by atoms with Gasteiger partial charge in [0.1, 0.15) is 17.7 Å². The van der Waals surface area contributed by atoms with Crippen LogP contribution < -0.4 is 11.5 Å². The Morgan fingerprint density at radius 1 is 0.667 bits per heavy atom. The van der Waals surface area contributed by atoms with Crippen molar-refractivity contribution >= 4 is 52.8 Å². The first-order valence-electron chi connectivity index (χ1n) is 15.5. The maximum Gasteiger partial charge on any atom is 0.170 e. The predicted octanol–water partition coefficient (Wildman–Crippen LogP) is 7.66. The van der Waals surface area contributed by atoms with Crippen LogP contribution in [0.25, 0.3) is 11.4 Å². The fourth-order valence-corrected chi connectivity index (χ4v) is 4.86. The number of aromatic nitrogens is 6. The Bertz CT molecular complexity index is 2070. The van der Waals surface area contributed by atoms with E-state index < -0.39 is 0 Å². The first-order chi connectivity index (χ1) is 24.6. The normalized spacial score (nSPS) is 9.57. The van der Waals surface area contributed by atoms with Gasteiger partial charge in [0, 0.05) is 21.1 Å². The second kappa shape index (κ2) is 21.0. The second-order valence-corrected chi connectivity index (χ2v) is 12.1. The van der Waals surface area contributed by atoms with Gasteiger partial charge in [0.05, 0.1) is 42.1 Å². The average Bonchev–Trinajstić information content (AvgIpc) is 3.93. The number of nitrogens with one attached hydrogen (secondary N) is 1. The van der Waals surface area contributed by atoms with Gasteiger partial charge in [0.25, 0.3) is 0 Å². The number of para-hydroxylation sites is 2. The van der Waals surface area contributed by atoms with Crippen molar-refractivity contribution in [2.45, 2.75) is 20.8 Å². The Kier molecular flexibility index (Phi) is 16.2. The number of hydrogen-bond acceptors (Lipinski definition) is 8. The van der Waals surface area contributed by atoms with E-state index >= 15 is 0 Å². The highest BCUT2D eigenvalue weighted by molar-refractivity contribution is 14.1. The van der Waals surface area contributed by atoms with Crippen LogP contribution in [0, 0.1) is 24.3 Å². The number of aromatic amines is 1. The van der Waals surface area contributed by atoms with Crippen LogP contribution in [0.1, 0.15) is 48.2 Å². The van der Waals surface area contributed by atoms with E-state index in [-0.39, 0.29) is 0 Å². The minimum Gasteiger partial charge on any atom is -0.397 e. The lowest BCUT2D eigenvalue weighted by Crippen LogP contribution is -1.97. The van der Waals surface area contributed by atoms with Crippen molar-refractivity contribution in [3.63, 3.8) is 0 Å². The molecule has 5 N–H and O–H groups in total. The van der Waals surface area contributed by atoms with E-state index in [1.54, 1.807) is 41.7 Å². The zero-order valence-corrected chi connectivity index (χ0v) is 30.6. The monoisotopic (exact) mass is 794 g/mol. The van der Waals surface area contributed by atoms with Crippen molar-refractivity contribution in [2.75, 3.05) is 11.5 Å². The fraction of sp³-hybridized carbons (Fsp3) is 0.0769. The molecular weight excluding hydrogens is 755 g/mol. The van der Waals surface area contributed by atoms with E-state index in [9.17, 15) is 14.4 Å². The van der Waals surface area contributed by atoms with Gasteiger partial charge in [-0.3, -0.25) is 19.0 Å². The number of imidazole rings is 3. The highest BCUT2D eigenvalue weighted by atomic mass is 127. The lowest BCUT2D eigenvalue weighted by atomic mass is 10.2. The summed E-state index contributed by atoms with van der Waals surface area (Å²) in [7, 11) is 0. The number of benzene rings is 4. The van der Waals surface area contributed by atoms with Crippen molar-refractivity contribution in [1.29, 1.82) is 0 Å². The molecule has 0 fully saturated rings. The molecule has 260 valence electrons. The van der Waals surface area contributed by atoms with Gasteiger partial charge in [-0.25, -0.2) is 15.0 Å². The van der Waals surface area contributed by atoms with Gasteiger partial charge in [-0.1, -0.05) is 54.1 Å². The summed E-state index contributed by atoms with van der Waals surface area (Å²) in [6.07, 6.45) is 11.7. The van der Waals surface area contributed by atoms with Crippen LogP contribution in [0.5, 0.6) is 0 Å². The molecule has 3 heterocycles. The predicted molar refractivity (Wildman–Crippen MR) is 211 cm³/mol. The van der Waals surface area contributed by atoms with Gasteiger partial charge in [-0.15, -0.1) is 0 Å². The molecule has 4 aromatic carbocycles. The molecule has 12 heteroatoms. The van der Waals surface area contributed by atoms with Gasteiger partial charge in [-0.2, -0.15) is 0 Å². The van der Waals surface area contributed by atoms with Crippen LogP contribution >= 0.6 is 22.6 Å². The van der Waals surface area contributed by atoms with Gasteiger partial charge < -0.3 is 21.0 Å². The molecule has 7 rings (SSSR count). The third-order valence-electron chi connectivity index (χ3n) is 6.71. The van der Waals surface area contributed by atoms with Crippen LogP contribution in [-0.4, -0.2) is 47.9 Å². The van der Waals surface area contributed by atoms with Crippen molar-refractivity contribution in [2.24, 2.45) is 0 Å². The summed E-state index contributed by atoms with van der Waals surface area (Å²) in [4.78, 5) is 45.0. The van der Waals surface area contributed by atoms with Crippen molar-refractivity contribution in [1.82, 2.24) is 29.1 Å². The molecule has 0 radical (unpaired) electrons. The van der Waals surface area contributed by atoms with Gasteiger partial charge in [0.2, 0.25) is 0 Å². The molecule has 3 aromatic heterocycles. The standard InChI is InChI=1S/2C11H10N2O.C7H7I.C6H8N2.C4H4N2O/c1-9-3-2-4-11(5-9)13-6-10(7-14)12-8-13;1-9-3-2-4-10(5-9)13-8-12-6-11(13)7-14;1-6-3-2-4-7(8)5-6;7-5-3-1-2-4-6(5)8;7-2-4-1-5-3-6-4/h2*2-8H,1H3;2-5H,1H3;1-4H,7-8H2;1-3H,(H,5,6). The summed E-state index contributed by atoms with van der Waals surface area (Å²) in [5, 5.41) is 0. The van der Waals surface area contributed by atoms with Gasteiger partial charge >= 0.3 is 0 Å². The first-order valence-corrected chi connectivity index (χ1v) is 16.6. The molecule has 0 unspecified atom stereocenters. The molecule has 0 amide bonds. The minimum absolute atomic E-state index is 0.450. The molecule has 7 aromatic rings. The van der Waals surface area contributed by atoms with Crippen molar-refractivity contribution in [3.8, 4) is 11.4 Å². The average molecular weight is 795 g/mol. The maximum atomic E-state index is 10.7. The molecule has 0 aliphatic rings. The van der Waals surface area contributed by atoms with Gasteiger partial charge in [0.15, 0.2) is 18.9 Å². The van der Waals surface area contributed by atoms with Crippen molar-refractivity contribution in [3.05, 3.63) is 172 Å². The van der Waals surface area contributed by atoms with Gasteiger partial charge in [-0.05, 0) is 103 Å². The molecule has 51 heavy (non-hydrogen) atoms. The number of hydrogen-bond donors (Lipinski definition) is 3. The summed E-state index contributed by atoms with van der Waals surface area (Å²) in [6.45, 7) is 6.14. The number of anilines is 2. The molecule has 0 spiro atoms. The molecule has 0 bridgehead atoms. The third kappa shape index (κ3) is 13.7. The summed E-state index contributed by atoms with van der Waals surface area (Å²) in [5.74, 6) is 0. The Labute approximate surface area is 310 Å². The van der Waals surface area contributed by atoms with Crippen LogP contribution in [0.4, 0.5) is 11.4 Å². The SMILES string of the molecule is Cc1cccc(-n2cnc(C=O)c2)c1.Cc1cccc(-n2cncc2C=O)c1.Cc1cccc(I)c1.Nc1ccccc1N.O=Cc1cnc[nH]1. The number of nitrogens with zero attached hydrogens (tertiary/aromatic N) is 5. The molecular formula is C39H39IN8O3. The second-order valence-electron chi connectivity index (χ2n) is 10.9. The number of halogens is 1. The van der Waals surface area contributed by atoms with Crippen LogP contribution in [0.2, 0.25) is 0 Å². The van der Waals surface area contributed by atoms with E-state index in [0.29, 0.717) is 34.7 Å². The number of carbonyl (C=O) groups excluding carboxylic acids is 3. The van der Waals surface area contributed by atoms with E-state index in [4.69, 9.17) is 11.5 Å². The Morgan fingerprint density at radius 2 is 1.27 bits per heavy atom.